The summed E-state index contributed by atoms with van der Waals surface area (Å²) in [6, 6.07) is 6.04. The Morgan fingerprint density at radius 1 is 1.29 bits per heavy atom. The summed E-state index contributed by atoms with van der Waals surface area (Å²) >= 11 is 0. The molecular formula is C19H25FN6O2. The highest BCUT2D eigenvalue weighted by Gasteiger charge is 2.33. The molecule has 0 spiro atoms. The van der Waals surface area contributed by atoms with Crippen LogP contribution in [0.5, 0.6) is 0 Å². The molecule has 0 bridgehead atoms. The van der Waals surface area contributed by atoms with Crippen LogP contribution >= 0.6 is 0 Å². The Morgan fingerprint density at radius 2 is 2.00 bits per heavy atom. The van der Waals surface area contributed by atoms with Crippen molar-refractivity contribution in [2.45, 2.75) is 46.3 Å². The molecule has 1 aromatic heterocycles. The third-order valence-corrected chi connectivity index (χ3v) is 5.11. The number of hydrogen-bond acceptors (Lipinski definition) is 5. The molecule has 28 heavy (non-hydrogen) atoms. The first-order valence-corrected chi connectivity index (χ1v) is 9.39. The zero-order valence-electron chi connectivity index (χ0n) is 16.4. The fraction of sp³-hybridized carbons (Fsp3) is 0.526. The molecule has 0 N–H and O–H groups in total. The maximum absolute atomic E-state index is 13.2. The molecule has 1 saturated heterocycles. The Morgan fingerprint density at radius 3 is 2.61 bits per heavy atom. The van der Waals surface area contributed by atoms with Crippen molar-refractivity contribution in [1.82, 2.24) is 30.0 Å². The van der Waals surface area contributed by atoms with Crippen LogP contribution in [-0.2, 0) is 22.7 Å². The fourth-order valence-corrected chi connectivity index (χ4v) is 3.39. The summed E-state index contributed by atoms with van der Waals surface area (Å²) in [6.45, 7) is 7.07. The summed E-state index contributed by atoms with van der Waals surface area (Å²) < 4.78 is 14.6. The van der Waals surface area contributed by atoms with E-state index in [2.05, 4.69) is 15.5 Å². The van der Waals surface area contributed by atoms with Gasteiger partial charge in [0.25, 0.3) is 0 Å². The van der Waals surface area contributed by atoms with E-state index >= 15 is 0 Å². The average molecular weight is 388 g/mol. The summed E-state index contributed by atoms with van der Waals surface area (Å²) in [5.41, 5.74) is 0.865. The zero-order chi connectivity index (χ0) is 20.3. The summed E-state index contributed by atoms with van der Waals surface area (Å²) in [5.74, 6) is 0.306. The lowest BCUT2D eigenvalue weighted by molar-refractivity contribution is -0.134. The Balaban J connectivity index is 1.76. The van der Waals surface area contributed by atoms with E-state index in [9.17, 15) is 14.0 Å². The van der Waals surface area contributed by atoms with E-state index < -0.39 is 0 Å². The normalized spacial score (nSPS) is 17.9. The van der Waals surface area contributed by atoms with Crippen LogP contribution in [0.3, 0.4) is 0 Å². The topological polar surface area (TPSA) is 84.2 Å². The second-order valence-electron chi connectivity index (χ2n) is 7.43. The Bertz CT molecular complexity index is 835. The smallest absolute Gasteiger partial charge is 0.244 e. The quantitative estimate of drug-likeness (QED) is 0.773. The third-order valence-electron chi connectivity index (χ3n) is 5.11. The Labute approximate surface area is 163 Å². The second kappa shape index (κ2) is 8.45. The number of tetrazole rings is 1. The third kappa shape index (κ3) is 4.52. The zero-order valence-corrected chi connectivity index (χ0v) is 16.4. The maximum Gasteiger partial charge on any atom is 0.244 e. The minimum atomic E-state index is -0.305. The van der Waals surface area contributed by atoms with Gasteiger partial charge in [-0.25, -0.2) is 9.07 Å². The van der Waals surface area contributed by atoms with Gasteiger partial charge in [-0.1, -0.05) is 26.0 Å². The van der Waals surface area contributed by atoms with Gasteiger partial charge >= 0.3 is 0 Å². The first-order chi connectivity index (χ1) is 13.3. The van der Waals surface area contributed by atoms with E-state index in [0.29, 0.717) is 25.5 Å². The van der Waals surface area contributed by atoms with Crippen LogP contribution in [0.1, 0.15) is 31.7 Å². The number of carbonyl (C=O) groups excluding carboxylic acids is 2. The van der Waals surface area contributed by atoms with Gasteiger partial charge in [0, 0.05) is 26.1 Å². The minimum Gasteiger partial charge on any atom is -0.338 e. The molecule has 0 saturated carbocycles. The number of aromatic nitrogens is 4. The number of carbonyl (C=O) groups is 2. The van der Waals surface area contributed by atoms with E-state index in [0.717, 1.165) is 5.56 Å². The first-order valence-electron chi connectivity index (χ1n) is 9.39. The van der Waals surface area contributed by atoms with Crippen molar-refractivity contribution in [2.24, 2.45) is 5.92 Å². The first kappa shape index (κ1) is 19.9. The lowest BCUT2D eigenvalue weighted by Gasteiger charge is -2.34. The molecule has 2 amide bonds. The van der Waals surface area contributed by atoms with Gasteiger partial charge in [0.15, 0.2) is 0 Å². The van der Waals surface area contributed by atoms with Gasteiger partial charge in [0.05, 0.1) is 6.04 Å². The largest absolute Gasteiger partial charge is 0.338 e. The van der Waals surface area contributed by atoms with Gasteiger partial charge in [0.1, 0.15) is 18.2 Å². The molecule has 2 aromatic rings. The molecule has 1 aliphatic heterocycles. The SMILES string of the molecule is Cc1nnnn1CC(=O)N1CCC(=O)N(Cc2ccc(F)cc2)[C@H](C(C)C)C1. The van der Waals surface area contributed by atoms with Crippen LogP contribution in [0.2, 0.25) is 0 Å². The number of aryl methyl sites for hydroxylation is 1. The number of halogens is 1. The molecule has 150 valence electrons. The summed E-state index contributed by atoms with van der Waals surface area (Å²) in [5, 5.41) is 11.2. The molecule has 1 aromatic carbocycles. The summed E-state index contributed by atoms with van der Waals surface area (Å²) in [6.07, 6.45) is 0.255. The second-order valence-corrected chi connectivity index (χ2v) is 7.43. The maximum atomic E-state index is 13.2. The minimum absolute atomic E-state index is 0.00284. The van der Waals surface area contributed by atoms with E-state index in [1.54, 1.807) is 24.0 Å². The molecule has 0 unspecified atom stereocenters. The number of amides is 2. The van der Waals surface area contributed by atoms with Crippen molar-refractivity contribution in [3.05, 3.63) is 41.5 Å². The Hall–Kier alpha value is -2.84. The number of rotatable bonds is 5. The van der Waals surface area contributed by atoms with E-state index in [-0.39, 0.29) is 42.6 Å². The predicted molar refractivity (Wildman–Crippen MR) is 99.3 cm³/mol. The van der Waals surface area contributed by atoms with Gasteiger partial charge in [0.2, 0.25) is 11.8 Å². The van der Waals surface area contributed by atoms with Crippen molar-refractivity contribution >= 4 is 11.8 Å². The summed E-state index contributed by atoms with van der Waals surface area (Å²) in [7, 11) is 0. The monoisotopic (exact) mass is 388 g/mol. The standard InChI is InChI=1S/C19H25FN6O2/c1-13(2)17-11-24(19(28)12-26-14(3)21-22-23-26)9-8-18(27)25(17)10-15-4-6-16(20)7-5-15/h4-7,13,17H,8-12H2,1-3H3/t17-/m0/s1. The van der Waals surface area contributed by atoms with Gasteiger partial charge in [-0.05, 0) is 41.0 Å². The van der Waals surface area contributed by atoms with Crippen LogP contribution in [0.15, 0.2) is 24.3 Å². The molecule has 0 aliphatic carbocycles. The molecule has 8 nitrogen and oxygen atoms in total. The molecule has 1 fully saturated rings. The fourth-order valence-electron chi connectivity index (χ4n) is 3.39. The average Bonchev–Trinajstić information content (AvgIpc) is 2.97. The molecule has 2 heterocycles. The highest BCUT2D eigenvalue weighted by atomic mass is 19.1. The summed E-state index contributed by atoms with van der Waals surface area (Å²) in [4.78, 5) is 29.1. The van der Waals surface area contributed by atoms with E-state index in [4.69, 9.17) is 0 Å². The predicted octanol–water partition coefficient (Wildman–Crippen LogP) is 1.41. The van der Waals surface area contributed by atoms with Crippen molar-refractivity contribution in [1.29, 1.82) is 0 Å². The van der Waals surface area contributed by atoms with Crippen LogP contribution in [-0.4, -0.2) is 61.0 Å². The van der Waals surface area contributed by atoms with Crippen LogP contribution in [0.25, 0.3) is 0 Å². The molecule has 3 rings (SSSR count). The van der Waals surface area contributed by atoms with Crippen molar-refractivity contribution in [3.63, 3.8) is 0 Å². The van der Waals surface area contributed by atoms with Crippen LogP contribution < -0.4 is 0 Å². The van der Waals surface area contributed by atoms with Gasteiger partial charge in [-0.2, -0.15) is 0 Å². The van der Waals surface area contributed by atoms with Crippen molar-refractivity contribution in [2.75, 3.05) is 13.1 Å². The highest BCUT2D eigenvalue weighted by molar-refractivity contribution is 5.80. The van der Waals surface area contributed by atoms with E-state index in [1.165, 1.54) is 16.8 Å². The van der Waals surface area contributed by atoms with Gasteiger partial charge in [-0.3, -0.25) is 9.59 Å². The lowest BCUT2D eigenvalue weighted by atomic mass is 10.0. The lowest BCUT2D eigenvalue weighted by Crippen LogP contribution is -2.47. The van der Waals surface area contributed by atoms with Crippen LogP contribution in [0.4, 0.5) is 4.39 Å². The molecule has 9 heteroatoms. The molecule has 0 radical (unpaired) electrons. The number of nitrogens with zero attached hydrogens (tertiary/aromatic N) is 6. The highest BCUT2D eigenvalue weighted by Crippen LogP contribution is 2.21. The number of benzene rings is 1. The molecular weight excluding hydrogens is 363 g/mol. The number of hydrogen-bond donors (Lipinski definition) is 0. The molecule has 1 aliphatic rings. The van der Waals surface area contributed by atoms with Crippen molar-refractivity contribution in [3.8, 4) is 0 Å². The van der Waals surface area contributed by atoms with Crippen molar-refractivity contribution < 1.29 is 14.0 Å². The van der Waals surface area contributed by atoms with Gasteiger partial charge in [-0.15, -0.1) is 5.10 Å². The van der Waals surface area contributed by atoms with E-state index in [1.807, 2.05) is 18.7 Å². The molecule has 1 atom stereocenters. The Kier molecular flexibility index (Phi) is 6.01. The van der Waals surface area contributed by atoms with Gasteiger partial charge < -0.3 is 9.80 Å². The van der Waals surface area contributed by atoms with Crippen LogP contribution in [0, 0.1) is 18.7 Å².